The molecule has 1 N–H and O–H groups in total. The van der Waals surface area contributed by atoms with Crippen molar-refractivity contribution in [3.05, 3.63) is 11.8 Å². The molecule has 2 atom stereocenters. The molecule has 1 aliphatic heterocycles. The Morgan fingerprint density at radius 2 is 2.48 bits per heavy atom. The molecule has 2 rings (SSSR count). The number of carbonyl (C=O) groups excluding carboxylic acids is 1. The number of carbonyl (C=O) groups is 1. The number of hydrogen-bond donors (Lipinski definition) is 1. The predicted octanol–water partition coefficient (Wildman–Crippen LogP) is 2.25. The Morgan fingerprint density at radius 3 is 3.19 bits per heavy atom. The van der Waals surface area contributed by atoms with Gasteiger partial charge in [0.15, 0.2) is 5.82 Å². The lowest BCUT2D eigenvalue weighted by Gasteiger charge is -2.29. The molecular formula is C15H22N4O2. The smallest absolute Gasteiger partial charge is 0.231 e. The van der Waals surface area contributed by atoms with Gasteiger partial charge in [0.25, 0.3) is 0 Å². The van der Waals surface area contributed by atoms with E-state index in [1.54, 1.807) is 4.68 Å². The lowest BCUT2D eigenvalue weighted by Crippen LogP contribution is -2.37. The van der Waals surface area contributed by atoms with E-state index in [-0.39, 0.29) is 17.9 Å². The van der Waals surface area contributed by atoms with Crippen LogP contribution in [-0.4, -0.2) is 28.4 Å². The Morgan fingerprint density at radius 1 is 1.67 bits per heavy atom. The van der Waals surface area contributed by atoms with Gasteiger partial charge in [-0.2, -0.15) is 10.4 Å². The molecule has 1 aliphatic rings. The molecule has 6 nitrogen and oxygen atoms in total. The molecule has 0 unspecified atom stereocenters. The second-order valence-corrected chi connectivity index (χ2v) is 5.36. The molecule has 6 heteroatoms. The van der Waals surface area contributed by atoms with Gasteiger partial charge in [0.2, 0.25) is 5.91 Å². The van der Waals surface area contributed by atoms with Crippen molar-refractivity contribution in [2.45, 2.75) is 52.2 Å². The van der Waals surface area contributed by atoms with E-state index < -0.39 is 0 Å². The first-order valence-corrected chi connectivity index (χ1v) is 7.49. The Bertz CT molecular complexity index is 532. The van der Waals surface area contributed by atoms with Crippen LogP contribution < -0.4 is 5.32 Å². The van der Waals surface area contributed by atoms with Gasteiger partial charge in [-0.3, -0.25) is 9.48 Å². The lowest BCUT2D eigenvalue weighted by atomic mass is 9.92. The molecule has 1 amide bonds. The van der Waals surface area contributed by atoms with Gasteiger partial charge in [-0.25, -0.2) is 0 Å². The zero-order chi connectivity index (χ0) is 15.2. The number of amides is 1. The molecule has 1 aromatic rings. The van der Waals surface area contributed by atoms with Crippen LogP contribution in [0.15, 0.2) is 6.07 Å². The number of nitrogens with zero attached hydrogens (tertiary/aromatic N) is 3. The minimum absolute atomic E-state index is 0.000483. The number of anilines is 1. The minimum Gasteiger partial charge on any atom is -0.377 e. The predicted molar refractivity (Wildman–Crippen MR) is 78.6 cm³/mol. The summed E-state index contributed by atoms with van der Waals surface area (Å²) in [6.07, 6.45) is 3.03. The highest BCUT2D eigenvalue weighted by molar-refractivity contribution is 5.92. The maximum atomic E-state index is 12.4. The molecule has 0 aromatic carbocycles. The number of aryl methyl sites for hydroxylation is 2. The Balaban J connectivity index is 2.00. The number of nitriles is 1. The Labute approximate surface area is 125 Å². The van der Waals surface area contributed by atoms with Crippen molar-refractivity contribution < 1.29 is 9.53 Å². The lowest BCUT2D eigenvalue weighted by molar-refractivity contribution is -0.129. The zero-order valence-corrected chi connectivity index (χ0v) is 12.6. The average Bonchev–Trinajstić information content (AvgIpc) is 2.84. The van der Waals surface area contributed by atoms with Crippen LogP contribution in [0.5, 0.6) is 0 Å². The maximum absolute atomic E-state index is 12.4. The summed E-state index contributed by atoms with van der Waals surface area (Å²) in [5.74, 6) is 0.427. The molecule has 0 radical (unpaired) electrons. The van der Waals surface area contributed by atoms with E-state index in [0.717, 1.165) is 31.6 Å². The van der Waals surface area contributed by atoms with Crippen molar-refractivity contribution in [3.63, 3.8) is 0 Å². The van der Waals surface area contributed by atoms with Crippen LogP contribution >= 0.6 is 0 Å². The van der Waals surface area contributed by atoms with Crippen LogP contribution in [0.25, 0.3) is 0 Å². The topological polar surface area (TPSA) is 79.9 Å². The van der Waals surface area contributed by atoms with E-state index in [1.165, 1.54) is 0 Å². The van der Waals surface area contributed by atoms with Gasteiger partial charge in [0.1, 0.15) is 0 Å². The normalized spacial score (nSPS) is 21.8. The van der Waals surface area contributed by atoms with E-state index in [9.17, 15) is 4.79 Å². The minimum atomic E-state index is -0.103. The number of hydrogen-bond acceptors (Lipinski definition) is 4. The van der Waals surface area contributed by atoms with E-state index in [2.05, 4.69) is 16.5 Å². The molecule has 114 valence electrons. The van der Waals surface area contributed by atoms with Crippen LogP contribution in [-0.2, 0) is 16.1 Å². The molecular weight excluding hydrogens is 268 g/mol. The highest BCUT2D eigenvalue weighted by Gasteiger charge is 2.31. The van der Waals surface area contributed by atoms with Crippen molar-refractivity contribution in [2.24, 2.45) is 5.92 Å². The van der Waals surface area contributed by atoms with E-state index in [4.69, 9.17) is 10.00 Å². The van der Waals surface area contributed by atoms with Gasteiger partial charge < -0.3 is 10.1 Å². The fraction of sp³-hybridized carbons (Fsp3) is 0.667. The monoisotopic (exact) mass is 290 g/mol. The van der Waals surface area contributed by atoms with Gasteiger partial charge in [-0.1, -0.05) is 6.92 Å². The van der Waals surface area contributed by atoms with Crippen molar-refractivity contribution >= 4 is 11.7 Å². The summed E-state index contributed by atoms with van der Waals surface area (Å²) in [6.45, 7) is 5.24. The van der Waals surface area contributed by atoms with Crippen molar-refractivity contribution in [3.8, 4) is 6.07 Å². The molecule has 0 saturated carbocycles. The molecule has 1 saturated heterocycles. The largest absolute Gasteiger partial charge is 0.377 e. The number of nitrogens with one attached hydrogen (secondary N) is 1. The Hall–Kier alpha value is -1.87. The average molecular weight is 290 g/mol. The highest BCUT2D eigenvalue weighted by atomic mass is 16.5. The van der Waals surface area contributed by atoms with Gasteiger partial charge in [-0.15, -0.1) is 0 Å². The number of rotatable bonds is 5. The molecule has 21 heavy (non-hydrogen) atoms. The SMILES string of the molecule is CC[C@@H]1OCCC[C@@H]1C(=O)Nc1cc(C)n(CCC#N)n1. The Kier molecular flexibility index (Phi) is 5.34. The second kappa shape index (κ2) is 7.23. The first-order chi connectivity index (χ1) is 10.2. The second-order valence-electron chi connectivity index (χ2n) is 5.36. The summed E-state index contributed by atoms with van der Waals surface area (Å²) >= 11 is 0. The summed E-state index contributed by atoms with van der Waals surface area (Å²) < 4.78 is 7.40. The van der Waals surface area contributed by atoms with Crippen LogP contribution in [0.4, 0.5) is 5.82 Å². The first-order valence-electron chi connectivity index (χ1n) is 7.49. The standard InChI is InChI=1S/C15H22N4O2/c1-3-13-12(6-4-9-21-13)15(20)17-14-10-11(2)19(18-14)8-5-7-16/h10,12-13H,3-6,8-9H2,1-2H3,(H,17,18,20)/t12-,13-/m0/s1. The van der Waals surface area contributed by atoms with Gasteiger partial charge in [-0.05, 0) is 26.2 Å². The van der Waals surface area contributed by atoms with Gasteiger partial charge in [0.05, 0.1) is 31.1 Å². The summed E-state index contributed by atoms with van der Waals surface area (Å²) in [5.41, 5.74) is 0.937. The first kappa shape index (κ1) is 15.5. The van der Waals surface area contributed by atoms with E-state index in [1.807, 2.05) is 19.9 Å². The van der Waals surface area contributed by atoms with Crippen LogP contribution in [0, 0.1) is 24.2 Å². The van der Waals surface area contributed by atoms with E-state index >= 15 is 0 Å². The molecule has 0 spiro atoms. The van der Waals surface area contributed by atoms with Crippen LogP contribution in [0.2, 0.25) is 0 Å². The quantitative estimate of drug-likeness (QED) is 0.902. The van der Waals surface area contributed by atoms with Crippen LogP contribution in [0.3, 0.4) is 0 Å². The zero-order valence-electron chi connectivity index (χ0n) is 12.6. The molecule has 1 fully saturated rings. The summed E-state index contributed by atoms with van der Waals surface area (Å²) in [7, 11) is 0. The van der Waals surface area contributed by atoms with Crippen molar-refractivity contribution in [2.75, 3.05) is 11.9 Å². The number of aromatic nitrogens is 2. The summed E-state index contributed by atoms with van der Waals surface area (Å²) in [5, 5.41) is 15.8. The highest BCUT2D eigenvalue weighted by Crippen LogP contribution is 2.24. The summed E-state index contributed by atoms with van der Waals surface area (Å²) in [6, 6.07) is 3.93. The molecule has 0 bridgehead atoms. The fourth-order valence-corrected chi connectivity index (χ4v) is 2.71. The maximum Gasteiger partial charge on any atom is 0.231 e. The molecule has 1 aromatic heterocycles. The molecule has 2 heterocycles. The molecule has 0 aliphatic carbocycles. The third-order valence-corrected chi connectivity index (χ3v) is 3.85. The summed E-state index contributed by atoms with van der Waals surface area (Å²) in [4.78, 5) is 12.4. The fourth-order valence-electron chi connectivity index (χ4n) is 2.71. The third kappa shape index (κ3) is 3.82. The van der Waals surface area contributed by atoms with Crippen LogP contribution in [0.1, 0.15) is 38.3 Å². The van der Waals surface area contributed by atoms with Crippen molar-refractivity contribution in [1.82, 2.24) is 9.78 Å². The number of ether oxygens (including phenoxy) is 1. The van der Waals surface area contributed by atoms with Crippen molar-refractivity contribution in [1.29, 1.82) is 5.26 Å². The van der Waals surface area contributed by atoms with Gasteiger partial charge in [0, 0.05) is 18.4 Å². The third-order valence-electron chi connectivity index (χ3n) is 3.85. The van der Waals surface area contributed by atoms with Gasteiger partial charge >= 0.3 is 0 Å². The van der Waals surface area contributed by atoms with E-state index in [0.29, 0.717) is 18.8 Å².